The first-order valence-corrected chi connectivity index (χ1v) is 3.26. The van der Waals surface area contributed by atoms with E-state index in [-0.39, 0.29) is 11.4 Å². The lowest BCUT2D eigenvalue weighted by Crippen LogP contribution is -2.43. The third-order valence-corrected chi connectivity index (χ3v) is 1.74. The minimum Gasteiger partial charge on any atom is -0.368 e. The highest BCUT2D eigenvalue weighted by atomic mass is 16.1. The van der Waals surface area contributed by atoms with Gasteiger partial charge in [0.25, 0.3) is 0 Å². The fourth-order valence-electron chi connectivity index (χ4n) is 0.974. The van der Waals surface area contributed by atoms with E-state index in [2.05, 4.69) is 5.32 Å². The van der Waals surface area contributed by atoms with Crippen molar-refractivity contribution in [3.05, 3.63) is 0 Å². The lowest BCUT2D eigenvalue weighted by atomic mass is 10.2. The Morgan fingerprint density at radius 3 is 2.44 bits per heavy atom. The van der Waals surface area contributed by atoms with Crippen LogP contribution in [0, 0.1) is 0 Å². The number of nitrogens with one attached hydrogen (secondary N) is 1. The molecule has 0 aromatic rings. The highest BCUT2D eigenvalue weighted by Gasteiger charge is 2.47. The van der Waals surface area contributed by atoms with Crippen LogP contribution in [0.15, 0.2) is 0 Å². The summed E-state index contributed by atoms with van der Waals surface area (Å²) in [7, 11) is 0. The van der Waals surface area contributed by atoms with E-state index in [1.807, 2.05) is 6.92 Å². The van der Waals surface area contributed by atoms with Gasteiger partial charge in [-0.3, -0.25) is 4.79 Å². The molecule has 0 saturated heterocycles. The van der Waals surface area contributed by atoms with Crippen LogP contribution < -0.4 is 11.1 Å². The maximum absolute atomic E-state index is 10.6. The van der Waals surface area contributed by atoms with Gasteiger partial charge in [0.05, 0.1) is 5.54 Å². The van der Waals surface area contributed by atoms with Gasteiger partial charge in [0.2, 0.25) is 5.91 Å². The Morgan fingerprint density at radius 2 is 2.33 bits per heavy atom. The molecule has 1 aliphatic carbocycles. The molecule has 0 atom stereocenters. The Hall–Kier alpha value is -0.570. The van der Waals surface area contributed by atoms with Crippen LogP contribution in [0.25, 0.3) is 0 Å². The van der Waals surface area contributed by atoms with Crippen molar-refractivity contribution >= 4 is 5.91 Å². The van der Waals surface area contributed by atoms with Gasteiger partial charge in [-0.2, -0.15) is 0 Å². The second-order valence-corrected chi connectivity index (χ2v) is 2.48. The molecule has 52 valence electrons. The van der Waals surface area contributed by atoms with Crippen LogP contribution in [0.3, 0.4) is 0 Å². The van der Waals surface area contributed by atoms with E-state index in [4.69, 9.17) is 5.73 Å². The summed E-state index contributed by atoms with van der Waals surface area (Å²) in [4.78, 5) is 10.6. The highest BCUT2D eigenvalue weighted by molar-refractivity contribution is 5.87. The van der Waals surface area contributed by atoms with Crippen molar-refractivity contribution in [2.45, 2.75) is 25.3 Å². The van der Waals surface area contributed by atoms with E-state index in [1.54, 1.807) is 0 Å². The van der Waals surface area contributed by atoms with Crippen LogP contribution >= 0.6 is 0 Å². The second-order valence-electron chi connectivity index (χ2n) is 2.48. The van der Waals surface area contributed by atoms with Crippen molar-refractivity contribution in [1.82, 2.24) is 5.32 Å². The van der Waals surface area contributed by atoms with Crippen molar-refractivity contribution in [3.8, 4) is 0 Å². The normalized spacial score (nSPS) is 21.4. The van der Waals surface area contributed by atoms with Gasteiger partial charge in [0.15, 0.2) is 0 Å². The number of likely N-dealkylation sites (N-methyl/N-ethyl adjacent to an activating group) is 1. The number of carbonyl (C=O) groups is 1. The van der Waals surface area contributed by atoms with E-state index in [9.17, 15) is 4.79 Å². The van der Waals surface area contributed by atoms with Gasteiger partial charge in [-0.25, -0.2) is 0 Å². The molecule has 3 N–H and O–H groups in total. The number of hydrogen-bond acceptors (Lipinski definition) is 2. The Labute approximate surface area is 54.6 Å². The number of nitrogens with two attached hydrogens (primary N) is 1. The Morgan fingerprint density at radius 1 is 1.78 bits per heavy atom. The van der Waals surface area contributed by atoms with Gasteiger partial charge in [0, 0.05) is 0 Å². The van der Waals surface area contributed by atoms with E-state index >= 15 is 0 Å². The summed E-state index contributed by atoms with van der Waals surface area (Å²) in [6.45, 7) is 2.80. The maximum atomic E-state index is 10.6. The van der Waals surface area contributed by atoms with Crippen molar-refractivity contribution in [2.24, 2.45) is 5.73 Å². The summed E-state index contributed by atoms with van der Waals surface area (Å²) >= 11 is 0. The average molecular weight is 128 g/mol. The molecule has 0 spiro atoms. The number of carbonyl (C=O) groups excluding carboxylic acids is 1. The first kappa shape index (κ1) is 6.55. The van der Waals surface area contributed by atoms with E-state index in [0.717, 1.165) is 19.4 Å². The van der Waals surface area contributed by atoms with Crippen LogP contribution in [-0.4, -0.2) is 18.0 Å². The average Bonchev–Trinajstić information content (AvgIpc) is 2.49. The minimum atomic E-state index is -0.311. The predicted octanol–water partition coefficient (Wildman–Crippen LogP) is -0.386. The lowest BCUT2D eigenvalue weighted by Gasteiger charge is -2.09. The zero-order chi connectivity index (χ0) is 6.91. The summed E-state index contributed by atoms with van der Waals surface area (Å²) in [5, 5.41) is 3.06. The molecule has 0 aromatic carbocycles. The summed E-state index contributed by atoms with van der Waals surface area (Å²) in [5.74, 6) is -0.204. The van der Waals surface area contributed by atoms with Gasteiger partial charge in [0.1, 0.15) is 0 Å². The van der Waals surface area contributed by atoms with Gasteiger partial charge < -0.3 is 11.1 Å². The molecule has 0 aromatic heterocycles. The van der Waals surface area contributed by atoms with Crippen molar-refractivity contribution in [2.75, 3.05) is 6.54 Å². The number of primary amides is 1. The smallest absolute Gasteiger partial charge is 0.237 e. The molecule has 0 aliphatic heterocycles. The Kier molecular flexibility index (Phi) is 1.45. The molecule has 0 heterocycles. The van der Waals surface area contributed by atoms with Crippen LogP contribution in [0.4, 0.5) is 0 Å². The fraction of sp³-hybridized carbons (Fsp3) is 0.833. The Balaban J connectivity index is 2.43. The monoisotopic (exact) mass is 128 g/mol. The summed E-state index contributed by atoms with van der Waals surface area (Å²) in [6.07, 6.45) is 1.83. The molecular formula is C6H12N2O. The first-order chi connectivity index (χ1) is 4.21. The zero-order valence-corrected chi connectivity index (χ0v) is 5.61. The maximum Gasteiger partial charge on any atom is 0.237 e. The molecule has 0 unspecified atom stereocenters. The molecule has 1 fully saturated rings. The molecule has 0 radical (unpaired) electrons. The molecule has 3 heteroatoms. The molecule has 0 bridgehead atoms. The second kappa shape index (κ2) is 1.99. The number of hydrogen-bond donors (Lipinski definition) is 2. The van der Waals surface area contributed by atoms with Crippen molar-refractivity contribution in [3.63, 3.8) is 0 Å². The molecule has 3 nitrogen and oxygen atoms in total. The highest BCUT2D eigenvalue weighted by Crippen LogP contribution is 2.34. The number of rotatable bonds is 3. The van der Waals surface area contributed by atoms with Crippen LogP contribution in [0.2, 0.25) is 0 Å². The van der Waals surface area contributed by atoms with Gasteiger partial charge >= 0.3 is 0 Å². The van der Waals surface area contributed by atoms with Gasteiger partial charge in [-0.15, -0.1) is 0 Å². The summed E-state index contributed by atoms with van der Waals surface area (Å²) < 4.78 is 0. The van der Waals surface area contributed by atoms with Crippen LogP contribution in [-0.2, 0) is 4.79 Å². The van der Waals surface area contributed by atoms with Crippen molar-refractivity contribution in [1.29, 1.82) is 0 Å². The fourth-order valence-corrected chi connectivity index (χ4v) is 0.974. The van der Waals surface area contributed by atoms with Crippen LogP contribution in [0.5, 0.6) is 0 Å². The molecular weight excluding hydrogens is 116 g/mol. The first-order valence-electron chi connectivity index (χ1n) is 3.26. The number of amides is 1. The third kappa shape index (κ3) is 1.05. The summed E-state index contributed by atoms with van der Waals surface area (Å²) in [5.41, 5.74) is 4.81. The minimum absolute atomic E-state index is 0.204. The standard InChI is InChI=1S/C6H12N2O/c1-2-8-6(3-4-6)5(7)9/h8H,2-4H2,1H3,(H2,7,9). The third-order valence-electron chi connectivity index (χ3n) is 1.74. The zero-order valence-electron chi connectivity index (χ0n) is 5.61. The quantitative estimate of drug-likeness (QED) is 0.544. The van der Waals surface area contributed by atoms with E-state index in [1.165, 1.54) is 0 Å². The molecule has 1 saturated carbocycles. The SMILES string of the molecule is CCNC1(C(N)=O)CC1. The molecule has 1 aliphatic rings. The molecule has 1 rings (SSSR count). The Bertz CT molecular complexity index is 129. The predicted molar refractivity (Wildman–Crippen MR) is 34.8 cm³/mol. The van der Waals surface area contributed by atoms with Crippen LogP contribution in [0.1, 0.15) is 19.8 Å². The van der Waals surface area contributed by atoms with E-state index < -0.39 is 0 Å². The van der Waals surface area contributed by atoms with Crippen molar-refractivity contribution < 1.29 is 4.79 Å². The summed E-state index contributed by atoms with van der Waals surface area (Å²) in [6, 6.07) is 0. The van der Waals surface area contributed by atoms with Gasteiger partial charge in [-0.05, 0) is 19.4 Å². The molecule has 9 heavy (non-hydrogen) atoms. The molecule has 1 amide bonds. The van der Waals surface area contributed by atoms with Gasteiger partial charge in [-0.1, -0.05) is 6.92 Å². The topological polar surface area (TPSA) is 55.1 Å². The van der Waals surface area contributed by atoms with E-state index in [0.29, 0.717) is 0 Å². The largest absolute Gasteiger partial charge is 0.368 e. The lowest BCUT2D eigenvalue weighted by molar-refractivity contribution is -0.120.